The molecule has 0 fully saturated rings. The average Bonchev–Trinajstić information content (AvgIpc) is 3.11. The highest BCUT2D eigenvalue weighted by molar-refractivity contribution is 5.52. The Kier molecular flexibility index (Phi) is 34.9. The maximum atomic E-state index is 4.13. The predicted molar refractivity (Wildman–Crippen MR) is 221 cm³/mol. The fraction of sp³-hybridized carbons (Fsp3) is 0.833. The van der Waals surface area contributed by atoms with Crippen molar-refractivity contribution < 1.29 is 0 Å². The standard InChI is InChI=1S/C48H88/c1-4-7-9-11-13-15-17-18-19-20-21-22-23-24-25-26-27-28-29-30-31-33-35-37-39-44-47(48-45-41-40-42-46(48)6-3)43-38-36-34-32-16-14-12-10-8-5-2/h6,40-42,45,47H,3-5,7-39,43-44H2,1-2H3. The third-order valence-electron chi connectivity index (χ3n) is 11.2. The van der Waals surface area contributed by atoms with Crippen molar-refractivity contribution >= 4 is 6.08 Å². The van der Waals surface area contributed by atoms with Gasteiger partial charge in [-0.05, 0) is 29.9 Å². The Hall–Kier alpha value is -1.04. The molecule has 0 aliphatic carbocycles. The van der Waals surface area contributed by atoms with Crippen LogP contribution in [-0.2, 0) is 0 Å². The highest BCUT2D eigenvalue weighted by Gasteiger charge is 2.14. The second-order valence-corrected chi connectivity index (χ2v) is 15.8. The van der Waals surface area contributed by atoms with Crippen molar-refractivity contribution in [3.05, 3.63) is 42.0 Å². The minimum Gasteiger partial charge on any atom is -0.0985 e. The molecule has 0 radical (unpaired) electrons. The van der Waals surface area contributed by atoms with Crippen molar-refractivity contribution in [2.24, 2.45) is 0 Å². The first kappa shape index (κ1) is 45.0. The lowest BCUT2D eigenvalue weighted by molar-refractivity contribution is 0.479. The van der Waals surface area contributed by atoms with Crippen molar-refractivity contribution in [1.82, 2.24) is 0 Å². The topological polar surface area (TPSA) is 0 Å². The first-order chi connectivity index (χ1) is 23.8. The van der Waals surface area contributed by atoms with Gasteiger partial charge >= 0.3 is 0 Å². The molecule has 0 heterocycles. The van der Waals surface area contributed by atoms with Gasteiger partial charge in [0.05, 0.1) is 0 Å². The van der Waals surface area contributed by atoms with E-state index in [1.54, 1.807) is 5.56 Å². The van der Waals surface area contributed by atoms with Gasteiger partial charge in [-0.1, -0.05) is 275 Å². The van der Waals surface area contributed by atoms with E-state index >= 15 is 0 Å². The highest BCUT2D eigenvalue weighted by atomic mass is 14.2. The van der Waals surface area contributed by atoms with Crippen molar-refractivity contribution in [3.63, 3.8) is 0 Å². The summed E-state index contributed by atoms with van der Waals surface area (Å²) in [6.45, 7) is 8.75. The Morgan fingerprint density at radius 1 is 0.375 bits per heavy atom. The zero-order valence-corrected chi connectivity index (χ0v) is 33.3. The average molecular weight is 665 g/mol. The lowest BCUT2D eigenvalue weighted by Crippen LogP contribution is -2.02. The van der Waals surface area contributed by atoms with Crippen LogP contribution in [0.5, 0.6) is 0 Å². The summed E-state index contributed by atoms with van der Waals surface area (Å²) < 4.78 is 0. The molecule has 0 amide bonds. The van der Waals surface area contributed by atoms with Gasteiger partial charge in [0.25, 0.3) is 0 Å². The summed E-state index contributed by atoms with van der Waals surface area (Å²) in [6, 6.07) is 9.08. The Morgan fingerprint density at radius 3 is 0.896 bits per heavy atom. The second-order valence-electron chi connectivity index (χ2n) is 15.8. The van der Waals surface area contributed by atoms with E-state index in [1.807, 2.05) is 0 Å². The van der Waals surface area contributed by atoms with Gasteiger partial charge in [0, 0.05) is 0 Å². The summed E-state index contributed by atoms with van der Waals surface area (Å²) >= 11 is 0. The molecule has 1 rings (SSSR count). The minimum atomic E-state index is 0.720. The van der Waals surface area contributed by atoms with Crippen LogP contribution in [0.25, 0.3) is 6.08 Å². The van der Waals surface area contributed by atoms with E-state index in [4.69, 9.17) is 0 Å². The summed E-state index contributed by atoms with van der Waals surface area (Å²) in [6.07, 6.45) is 55.7. The Bertz CT molecular complexity index is 761. The van der Waals surface area contributed by atoms with Crippen LogP contribution in [0.2, 0.25) is 0 Å². The molecule has 0 heteroatoms. The molecule has 0 saturated carbocycles. The molecular formula is C48H88. The smallest absolute Gasteiger partial charge is 0.0156 e. The Morgan fingerprint density at radius 2 is 0.625 bits per heavy atom. The molecule has 1 aromatic rings. The SMILES string of the molecule is C=Cc1ccccc1C(CCCCCCCCCCCC)CCCCCCCCCCCCCCCCCCCCCCCCCCC. The summed E-state index contributed by atoms with van der Waals surface area (Å²) in [5.74, 6) is 0.720. The lowest BCUT2D eigenvalue weighted by atomic mass is 9.85. The molecule has 0 aliphatic heterocycles. The van der Waals surface area contributed by atoms with E-state index in [9.17, 15) is 0 Å². The van der Waals surface area contributed by atoms with Crippen molar-refractivity contribution in [1.29, 1.82) is 0 Å². The maximum Gasteiger partial charge on any atom is -0.0156 e. The molecule has 1 aromatic carbocycles. The third-order valence-corrected chi connectivity index (χ3v) is 11.2. The molecule has 0 N–H and O–H groups in total. The molecule has 280 valence electrons. The fourth-order valence-corrected chi connectivity index (χ4v) is 7.93. The number of rotatable bonds is 39. The summed E-state index contributed by atoms with van der Waals surface area (Å²) in [4.78, 5) is 0. The summed E-state index contributed by atoms with van der Waals surface area (Å²) in [5.41, 5.74) is 2.93. The van der Waals surface area contributed by atoms with Gasteiger partial charge in [-0.25, -0.2) is 0 Å². The van der Waals surface area contributed by atoms with E-state index in [0.717, 1.165) is 5.92 Å². The molecule has 0 aromatic heterocycles. The highest BCUT2D eigenvalue weighted by Crippen LogP contribution is 2.31. The van der Waals surface area contributed by atoms with Gasteiger partial charge < -0.3 is 0 Å². The van der Waals surface area contributed by atoms with E-state index in [-0.39, 0.29) is 0 Å². The van der Waals surface area contributed by atoms with Gasteiger partial charge in [0.2, 0.25) is 0 Å². The van der Waals surface area contributed by atoms with Crippen molar-refractivity contribution in [2.75, 3.05) is 0 Å². The maximum absolute atomic E-state index is 4.13. The number of hydrogen-bond donors (Lipinski definition) is 0. The predicted octanol–water partition coefficient (Wildman–Crippen LogP) is 17.9. The molecule has 1 atom stereocenters. The van der Waals surface area contributed by atoms with E-state index in [1.165, 1.54) is 243 Å². The zero-order chi connectivity index (χ0) is 34.4. The van der Waals surface area contributed by atoms with E-state index in [0.29, 0.717) is 0 Å². The summed E-state index contributed by atoms with van der Waals surface area (Å²) in [7, 11) is 0. The van der Waals surface area contributed by atoms with Crippen LogP contribution in [0.15, 0.2) is 30.8 Å². The van der Waals surface area contributed by atoms with Crippen LogP contribution in [-0.4, -0.2) is 0 Å². The monoisotopic (exact) mass is 665 g/mol. The molecule has 48 heavy (non-hydrogen) atoms. The summed E-state index contributed by atoms with van der Waals surface area (Å²) in [5, 5.41) is 0. The molecule has 0 bridgehead atoms. The lowest BCUT2D eigenvalue weighted by Gasteiger charge is -2.20. The molecule has 0 aliphatic rings. The molecular weight excluding hydrogens is 577 g/mol. The van der Waals surface area contributed by atoms with Gasteiger partial charge in [-0.3, -0.25) is 0 Å². The van der Waals surface area contributed by atoms with Crippen LogP contribution < -0.4 is 0 Å². The molecule has 1 unspecified atom stereocenters. The van der Waals surface area contributed by atoms with Gasteiger partial charge in [0.1, 0.15) is 0 Å². The van der Waals surface area contributed by atoms with Crippen molar-refractivity contribution in [3.8, 4) is 0 Å². The number of unbranched alkanes of at least 4 members (excludes halogenated alkanes) is 33. The van der Waals surface area contributed by atoms with Crippen LogP contribution >= 0.6 is 0 Å². The van der Waals surface area contributed by atoms with E-state index in [2.05, 4.69) is 50.8 Å². The fourth-order valence-electron chi connectivity index (χ4n) is 7.93. The van der Waals surface area contributed by atoms with Crippen LogP contribution in [0.1, 0.15) is 268 Å². The van der Waals surface area contributed by atoms with Crippen LogP contribution in [0.3, 0.4) is 0 Å². The Labute approximate surface area is 304 Å². The first-order valence-electron chi connectivity index (χ1n) is 22.5. The molecule has 0 saturated heterocycles. The van der Waals surface area contributed by atoms with E-state index < -0.39 is 0 Å². The van der Waals surface area contributed by atoms with Gasteiger partial charge in [-0.15, -0.1) is 0 Å². The van der Waals surface area contributed by atoms with Crippen LogP contribution in [0, 0.1) is 0 Å². The molecule has 0 spiro atoms. The third kappa shape index (κ3) is 28.8. The van der Waals surface area contributed by atoms with Crippen molar-refractivity contribution in [2.45, 2.75) is 257 Å². The number of hydrogen-bond acceptors (Lipinski definition) is 0. The second kappa shape index (κ2) is 37.2. The first-order valence-corrected chi connectivity index (χ1v) is 22.5. The molecule has 0 nitrogen and oxygen atoms in total. The van der Waals surface area contributed by atoms with Crippen LogP contribution in [0.4, 0.5) is 0 Å². The Balaban J connectivity index is 1.96. The zero-order valence-electron chi connectivity index (χ0n) is 33.3. The number of benzene rings is 1. The quantitative estimate of drug-likeness (QED) is 0.0614. The normalized spacial score (nSPS) is 12.1. The largest absolute Gasteiger partial charge is 0.0985 e. The minimum absolute atomic E-state index is 0.720. The van der Waals surface area contributed by atoms with Gasteiger partial charge in [-0.2, -0.15) is 0 Å². The van der Waals surface area contributed by atoms with Gasteiger partial charge in [0.15, 0.2) is 0 Å².